The molecule has 2 saturated heterocycles. The summed E-state index contributed by atoms with van der Waals surface area (Å²) in [5.41, 5.74) is -1.38. The lowest BCUT2D eigenvalue weighted by Crippen LogP contribution is -2.64. The molecule has 3 aromatic rings. The maximum Gasteiger partial charge on any atom is 0.239 e. The van der Waals surface area contributed by atoms with Gasteiger partial charge >= 0.3 is 0 Å². The average molecular weight is 596 g/mol. The summed E-state index contributed by atoms with van der Waals surface area (Å²) in [4.78, 5) is 13.7. The smallest absolute Gasteiger partial charge is 0.239 e. The second kappa shape index (κ2) is 11.5. The van der Waals surface area contributed by atoms with E-state index in [1.807, 2.05) is 0 Å². The third-order valence-electron chi connectivity index (χ3n) is 6.96. The monoisotopic (exact) mass is 596 g/mol. The summed E-state index contributed by atoms with van der Waals surface area (Å²) in [5.74, 6) is -3.39. The molecule has 0 unspecified atom stereocenters. The second-order valence-electron chi connectivity index (χ2n) is 9.81. The van der Waals surface area contributed by atoms with E-state index >= 15 is 0 Å². The molecule has 228 valence electrons. The highest BCUT2D eigenvalue weighted by Gasteiger charge is 2.50. The molecule has 0 aliphatic carbocycles. The standard InChI is InChI=1S/C26H28O16/c27-6-15-18(34)20(36)24(42-25-21(37)17(33)13(32)7-38-25)26(40-15)41-23-19(35)16-12(31)4-9(28)5-14(16)39-22(23)8-1-2-10(29)11(30)3-8/h1-5,13,15,17-18,20-21,24-34,36-37H,6-7H2/t13-,15-,17+,18-,20+,21-,24-,25+,26-/m1/s1. The summed E-state index contributed by atoms with van der Waals surface area (Å²) in [6, 6.07) is 5.21. The molecule has 2 aliphatic heterocycles. The number of rotatable bonds is 6. The number of aromatic hydroxyl groups is 4. The van der Waals surface area contributed by atoms with Crippen LogP contribution in [0, 0.1) is 0 Å². The van der Waals surface area contributed by atoms with Crippen molar-refractivity contribution in [2.24, 2.45) is 0 Å². The molecule has 3 heterocycles. The molecule has 0 amide bonds. The van der Waals surface area contributed by atoms with E-state index in [0.29, 0.717) is 0 Å². The number of phenolic OH excluding ortho intramolecular Hbond substituents is 4. The summed E-state index contributed by atoms with van der Waals surface area (Å²) in [6.07, 6.45) is -15.5. The van der Waals surface area contributed by atoms with Crippen molar-refractivity contribution in [2.45, 2.75) is 55.3 Å². The van der Waals surface area contributed by atoms with Crippen molar-refractivity contribution in [3.05, 3.63) is 40.6 Å². The Morgan fingerprint density at radius 3 is 2.26 bits per heavy atom. The van der Waals surface area contributed by atoms with Gasteiger partial charge in [-0.25, -0.2) is 0 Å². The number of aliphatic hydroxyl groups excluding tert-OH is 6. The highest BCUT2D eigenvalue weighted by molar-refractivity contribution is 5.88. The van der Waals surface area contributed by atoms with Crippen molar-refractivity contribution >= 4 is 11.0 Å². The Kier molecular flexibility index (Phi) is 8.17. The van der Waals surface area contributed by atoms with Crippen LogP contribution in [0.5, 0.6) is 28.7 Å². The van der Waals surface area contributed by atoms with Crippen LogP contribution in [0.25, 0.3) is 22.3 Å². The molecule has 5 rings (SSSR count). The molecule has 2 fully saturated rings. The van der Waals surface area contributed by atoms with Crippen LogP contribution < -0.4 is 10.2 Å². The van der Waals surface area contributed by atoms with E-state index in [2.05, 4.69) is 0 Å². The molecule has 0 bridgehead atoms. The summed E-state index contributed by atoms with van der Waals surface area (Å²) < 4.78 is 28.0. The van der Waals surface area contributed by atoms with Gasteiger partial charge in [0, 0.05) is 17.7 Å². The molecular weight excluding hydrogens is 568 g/mol. The molecule has 16 heteroatoms. The summed E-state index contributed by atoms with van der Waals surface area (Å²) in [6.45, 7) is -1.31. The van der Waals surface area contributed by atoms with Crippen LogP contribution in [0.2, 0.25) is 0 Å². The van der Waals surface area contributed by atoms with Gasteiger partial charge in [-0.05, 0) is 18.2 Å². The third kappa shape index (κ3) is 5.31. The van der Waals surface area contributed by atoms with Gasteiger partial charge in [-0.15, -0.1) is 0 Å². The Labute approximate surface area is 235 Å². The molecule has 9 atom stereocenters. The minimum absolute atomic E-state index is 0.0437. The van der Waals surface area contributed by atoms with Gasteiger partial charge < -0.3 is 74.4 Å². The Morgan fingerprint density at radius 1 is 0.833 bits per heavy atom. The minimum atomic E-state index is -1.90. The summed E-state index contributed by atoms with van der Waals surface area (Å²) >= 11 is 0. The van der Waals surface area contributed by atoms with Gasteiger partial charge in [0.1, 0.15) is 59.1 Å². The van der Waals surface area contributed by atoms with E-state index in [9.17, 15) is 55.9 Å². The Bertz CT molecular complexity index is 1510. The first kappa shape index (κ1) is 29.8. The molecule has 10 N–H and O–H groups in total. The number of hydrogen-bond donors (Lipinski definition) is 10. The normalized spacial score (nSPS) is 31.7. The van der Waals surface area contributed by atoms with Gasteiger partial charge in [-0.3, -0.25) is 4.79 Å². The molecule has 16 nitrogen and oxygen atoms in total. The minimum Gasteiger partial charge on any atom is -0.508 e. The fourth-order valence-corrected chi connectivity index (χ4v) is 4.70. The van der Waals surface area contributed by atoms with Crippen molar-refractivity contribution in [1.82, 2.24) is 0 Å². The molecular formula is C26H28O16. The fraction of sp³-hybridized carbons (Fsp3) is 0.423. The van der Waals surface area contributed by atoms with E-state index in [-0.39, 0.29) is 11.1 Å². The Morgan fingerprint density at radius 2 is 1.57 bits per heavy atom. The van der Waals surface area contributed by atoms with Crippen LogP contribution in [0.1, 0.15) is 0 Å². The van der Waals surface area contributed by atoms with E-state index in [1.54, 1.807) is 0 Å². The highest BCUT2D eigenvalue weighted by atomic mass is 16.8. The lowest BCUT2D eigenvalue weighted by atomic mass is 9.98. The zero-order valence-corrected chi connectivity index (χ0v) is 21.4. The lowest BCUT2D eigenvalue weighted by molar-refractivity contribution is -0.345. The average Bonchev–Trinajstić information content (AvgIpc) is 2.94. The number of ether oxygens (including phenoxy) is 4. The van der Waals surface area contributed by atoms with Crippen molar-refractivity contribution in [3.63, 3.8) is 0 Å². The molecule has 2 aliphatic rings. The fourth-order valence-electron chi connectivity index (χ4n) is 4.70. The predicted octanol–water partition coefficient (Wildman–Crippen LogP) is -2.08. The quantitative estimate of drug-likeness (QED) is 0.137. The van der Waals surface area contributed by atoms with Crippen molar-refractivity contribution in [1.29, 1.82) is 0 Å². The first-order valence-electron chi connectivity index (χ1n) is 12.6. The number of aliphatic hydroxyl groups is 6. The van der Waals surface area contributed by atoms with Gasteiger partial charge in [0.15, 0.2) is 29.7 Å². The van der Waals surface area contributed by atoms with Crippen LogP contribution in [0.3, 0.4) is 0 Å². The van der Waals surface area contributed by atoms with Gasteiger partial charge in [-0.1, -0.05) is 0 Å². The summed E-state index contributed by atoms with van der Waals surface area (Å²) in [5, 5.41) is 101. The second-order valence-corrected chi connectivity index (χ2v) is 9.81. The topological polar surface area (TPSA) is 269 Å². The highest BCUT2D eigenvalue weighted by Crippen LogP contribution is 2.40. The first-order valence-corrected chi connectivity index (χ1v) is 12.6. The summed E-state index contributed by atoms with van der Waals surface area (Å²) in [7, 11) is 0. The maximum absolute atomic E-state index is 13.7. The number of fused-ring (bicyclic) bond motifs is 1. The molecule has 1 aromatic heterocycles. The van der Waals surface area contributed by atoms with Crippen molar-refractivity contribution in [2.75, 3.05) is 13.2 Å². The maximum atomic E-state index is 13.7. The van der Waals surface area contributed by atoms with Crippen LogP contribution in [-0.4, -0.2) is 120 Å². The van der Waals surface area contributed by atoms with E-state index < -0.39 is 114 Å². The van der Waals surface area contributed by atoms with Gasteiger partial charge in [0.25, 0.3) is 0 Å². The van der Waals surface area contributed by atoms with Gasteiger partial charge in [-0.2, -0.15) is 0 Å². The Hall–Kier alpha value is -3.71. The number of hydrogen-bond acceptors (Lipinski definition) is 16. The van der Waals surface area contributed by atoms with E-state index in [1.165, 1.54) is 6.07 Å². The lowest BCUT2D eigenvalue weighted by Gasteiger charge is -2.44. The van der Waals surface area contributed by atoms with Crippen LogP contribution in [0.4, 0.5) is 0 Å². The number of benzene rings is 2. The van der Waals surface area contributed by atoms with Gasteiger partial charge in [0.05, 0.1) is 13.2 Å². The largest absolute Gasteiger partial charge is 0.508 e. The van der Waals surface area contributed by atoms with E-state index in [4.69, 9.17) is 23.4 Å². The van der Waals surface area contributed by atoms with Crippen LogP contribution >= 0.6 is 0 Å². The predicted molar refractivity (Wildman–Crippen MR) is 136 cm³/mol. The molecule has 2 aromatic carbocycles. The Balaban J connectivity index is 1.62. The zero-order chi connectivity index (χ0) is 30.5. The molecule has 42 heavy (non-hydrogen) atoms. The van der Waals surface area contributed by atoms with Crippen LogP contribution in [0.15, 0.2) is 39.5 Å². The van der Waals surface area contributed by atoms with Crippen LogP contribution in [-0.2, 0) is 14.2 Å². The van der Waals surface area contributed by atoms with Crippen molar-refractivity contribution in [3.8, 4) is 40.1 Å². The van der Waals surface area contributed by atoms with E-state index in [0.717, 1.165) is 24.3 Å². The first-order chi connectivity index (χ1) is 19.9. The third-order valence-corrected chi connectivity index (χ3v) is 6.96. The van der Waals surface area contributed by atoms with Gasteiger partial charge in [0.2, 0.25) is 17.5 Å². The van der Waals surface area contributed by atoms with Crippen molar-refractivity contribution < 1.29 is 74.4 Å². The molecule has 0 saturated carbocycles. The zero-order valence-electron chi connectivity index (χ0n) is 21.4. The molecule has 0 spiro atoms. The SMILES string of the molecule is O=c1c(O[C@H]2O[C@H](CO)[C@@H](O)[C@H](O)[C@H]2O[C@@H]2OC[C@@H](O)[C@H](O)[C@H]2O)c(-c2ccc(O)c(O)c2)oc2cc(O)cc(O)c12. The molecule has 0 radical (unpaired) electrons. The number of phenols is 4.